The van der Waals surface area contributed by atoms with Gasteiger partial charge < -0.3 is 30.2 Å². The minimum absolute atomic E-state index is 0.00134. The number of H-pyrrole nitrogens is 1. The SMILES string of the molecule is [N-]=[N+]=NCO[C@H]1O[C@H](n2cc(C#CCNC(=O)C(F)(F)F)c3c(=O)[nH]c(N)nc32)C[C@@H]1CO. The molecule has 2 aromatic rings. The van der Waals surface area contributed by atoms with Gasteiger partial charge in [0.05, 0.1) is 24.1 Å². The van der Waals surface area contributed by atoms with Gasteiger partial charge in [-0.1, -0.05) is 17.0 Å². The molecule has 2 aromatic heterocycles. The number of aliphatic hydroxyl groups is 1. The number of amides is 1. The number of nitrogen functional groups attached to an aromatic ring is 1. The highest BCUT2D eigenvalue weighted by atomic mass is 19.4. The summed E-state index contributed by atoms with van der Waals surface area (Å²) in [4.78, 5) is 32.3. The molecular weight excluding hydrogens is 453 g/mol. The molecule has 0 unspecified atom stereocenters. The molecule has 0 aliphatic carbocycles. The molecule has 33 heavy (non-hydrogen) atoms. The lowest BCUT2D eigenvalue weighted by Crippen LogP contribution is -2.36. The molecule has 16 heteroatoms. The van der Waals surface area contributed by atoms with Crippen LogP contribution in [0, 0.1) is 17.8 Å². The van der Waals surface area contributed by atoms with Gasteiger partial charge in [-0.2, -0.15) is 18.2 Å². The van der Waals surface area contributed by atoms with Crippen molar-refractivity contribution in [1.82, 2.24) is 19.9 Å². The summed E-state index contributed by atoms with van der Waals surface area (Å²) >= 11 is 0. The number of nitrogens with one attached hydrogen (secondary N) is 2. The number of alkyl halides is 3. The number of nitrogens with two attached hydrogens (primary N) is 1. The van der Waals surface area contributed by atoms with E-state index in [1.807, 2.05) is 0 Å². The van der Waals surface area contributed by atoms with E-state index in [1.165, 1.54) is 10.8 Å². The summed E-state index contributed by atoms with van der Waals surface area (Å²) in [5.74, 6) is 2.04. The number of carbonyl (C=O) groups excluding carboxylic acids is 1. The van der Waals surface area contributed by atoms with Gasteiger partial charge in [-0.15, -0.1) is 0 Å². The van der Waals surface area contributed by atoms with Crippen LogP contribution < -0.4 is 16.6 Å². The van der Waals surface area contributed by atoms with E-state index in [0.717, 1.165) is 0 Å². The van der Waals surface area contributed by atoms with Gasteiger partial charge in [0.25, 0.3) is 5.56 Å². The highest BCUT2D eigenvalue weighted by Gasteiger charge is 2.38. The third-order valence-corrected chi connectivity index (χ3v) is 4.60. The van der Waals surface area contributed by atoms with Gasteiger partial charge in [0.1, 0.15) is 13.0 Å². The third kappa shape index (κ3) is 5.35. The van der Waals surface area contributed by atoms with Crippen LogP contribution in [-0.4, -0.2) is 57.9 Å². The van der Waals surface area contributed by atoms with Crippen LogP contribution in [0.1, 0.15) is 18.2 Å². The maximum absolute atomic E-state index is 12.5. The summed E-state index contributed by atoms with van der Waals surface area (Å²) in [6.45, 7) is -1.26. The summed E-state index contributed by atoms with van der Waals surface area (Å²) < 4.78 is 49.3. The van der Waals surface area contributed by atoms with Crippen molar-refractivity contribution in [3.63, 3.8) is 0 Å². The van der Waals surface area contributed by atoms with E-state index >= 15 is 0 Å². The van der Waals surface area contributed by atoms with Gasteiger partial charge >= 0.3 is 12.1 Å². The second kappa shape index (κ2) is 9.79. The number of aromatic nitrogens is 3. The van der Waals surface area contributed by atoms with Crippen molar-refractivity contribution in [1.29, 1.82) is 0 Å². The van der Waals surface area contributed by atoms with Gasteiger partial charge in [0.2, 0.25) is 5.95 Å². The largest absolute Gasteiger partial charge is 0.471 e. The monoisotopic (exact) mass is 470 g/mol. The van der Waals surface area contributed by atoms with Crippen LogP contribution in [0.5, 0.6) is 0 Å². The fourth-order valence-electron chi connectivity index (χ4n) is 3.19. The summed E-state index contributed by atoms with van der Waals surface area (Å²) in [7, 11) is 0. The molecule has 5 N–H and O–H groups in total. The fourth-order valence-corrected chi connectivity index (χ4v) is 3.19. The zero-order chi connectivity index (χ0) is 24.2. The van der Waals surface area contributed by atoms with Gasteiger partial charge in [0, 0.05) is 23.4 Å². The normalized spacial score (nSPS) is 20.2. The Labute approximate surface area is 182 Å². The van der Waals surface area contributed by atoms with Crippen LogP contribution in [0.15, 0.2) is 16.1 Å². The van der Waals surface area contributed by atoms with Gasteiger partial charge in [0.15, 0.2) is 11.9 Å². The third-order valence-electron chi connectivity index (χ3n) is 4.60. The van der Waals surface area contributed by atoms with Gasteiger partial charge in [-0.25, -0.2) is 0 Å². The number of fused-ring (bicyclic) bond motifs is 1. The van der Waals surface area contributed by atoms with E-state index in [4.69, 9.17) is 20.7 Å². The quantitative estimate of drug-likeness (QED) is 0.204. The first kappa shape index (κ1) is 23.9. The van der Waals surface area contributed by atoms with E-state index in [2.05, 4.69) is 31.8 Å². The van der Waals surface area contributed by atoms with E-state index < -0.39 is 42.6 Å². The summed E-state index contributed by atoms with van der Waals surface area (Å²) in [6, 6.07) is 0. The van der Waals surface area contributed by atoms with Gasteiger partial charge in [-0.05, 0) is 5.53 Å². The predicted molar refractivity (Wildman–Crippen MR) is 105 cm³/mol. The number of carbonyl (C=O) groups is 1. The summed E-state index contributed by atoms with van der Waals surface area (Å²) in [6.07, 6.45) is -5.13. The first-order valence-corrected chi connectivity index (χ1v) is 9.28. The molecule has 1 aliphatic heterocycles. The molecule has 3 atom stereocenters. The van der Waals surface area contributed by atoms with E-state index in [9.17, 15) is 27.9 Å². The maximum atomic E-state index is 12.5. The summed E-state index contributed by atoms with van der Waals surface area (Å²) in [5, 5.41) is 14.5. The van der Waals surface area contributed by atoms with Gasteiger partial charge in [-0.3, -0.25) is 14.6 Å². The molecule has 0 bridgehead atoms. The van der Waals surface area contributed by atoms with Crippen LogP contribution in [0.2, 0.25) is 0 Å². The molecule has 0 radical (unpaired) electrons. The van der Waals surface area contributed by atoms with Crippen molar-refractivity contribution >= 4 is 22.9 Å². The number of aromatic amines is 1. The minimum Gasteiger partial charge on any atom is -0.396 e. The molecule has 176 valence electrons. The Morgan fingerprint density at radius 2 is 2.33 bits per heavy atom. The van der Waals surface area contributed by atoms with Crippen LogP contribution in [0.4, 0.5) is 19.1 Å². The number of rotatable bonds is 6. The zero-order valence-corrected chi connectivity index (χ0v) is 16.7. The number of hydrogen-bond donors (Lipinski definition) is 4. The molecule has 3 heterocycles. The molecule has 13 nitrogen and oxygen atoms in total. The van der Waals surface area contributed by atoms with Crippen molar-refractivity contribution in [3.8, 4) is 11.8 Å². The number of azide groups is 1. The van der Waals surface area contributed by atoms with Crippen molar-refractivity contribution < 1.29 is 32.5 Å². The van der Waals surface area contributed by atoms with Crippen LogP contribution in [-0.2, 0) is 14.3 Å². The molecule has 1 saturated heterocycles. The number of ether oxygens (including phenoxy) is 2. The predicted octanol–water partition coefficient (Wildman–Crippen LogP) is 0.475. The highest BCUT2D eigenvalue weighted by Crippen LogP contribution is 2.36. The Hall–Kier alpha value is -3.77. The highest BCUT2D eigenvalue weighted by molar-refractivity contribution is 5.84. The zero-order valence-electron chi connectivity index (χ0n) is 16.7. The second-order valence-corrected chi connectivity index (χ2v) is 6.75. The van der Waals surface area contributed by atoms with Crippen LogP contribution >= 0.6 is 0 Å². The molecule has 1 fully saturated rings. The number of aliphatic hydroxyl groups excluding tert-OH is 1. The molecule has 3 rings (SSSR count). The first-order valence-electron chi connectivity index (χ1n) is 9.28. The molecule has 0 aromatic carbocycles. The lowest BCUT2D eigenvalue weighted by Gasteiger charge is -2.16. The Kier molecular flexibility index (Phi) is 7.09. The maximum Gasteiger partial charge on any atom is 0.471 e. The average Bonchev–Trinajstić information content (AvgIpc) is 3.31. The fraction of sp³-hybridized carbons (Fsp3) is 0.471. The van der Waals surface area contributed by atoms with Crippen molar-refractivity contribution in [2.24, 2.45) is 11.0 Å². The van der Waals surface area contributed by atoms with E-state index in [0.29, 0.717) is 0 Å². The molecule has 0 spiro atoms. The van der Waals surface area contributed by atoms with E-state index in [1.54, 1.807) is 5.32 Å². The lowest BCUT2D eigenvalue weighted by atomic mass is 10.1. The number of anilines is 1. The first-order chi connectivity index (χ1) is 15.7. The standard InChI is InChI=1S/C17H17F3N8O5/c18-17(19,20)15(31)23-3-1-2-8-5-28(12-11(8)13(30)26-16(21)25-12)10-4-9(6-29)14(33-10)32-7-24-27-22/h5,9-10,14,29H,3-4,6-7H2,(H,23,31)(H3,21,25,26,30)/t9-,10+,14+/m1/s1. The van der Waals surface area contributed by atoms with Crippen molar-refractivity contribution in [3.05, 3.63) is 32.6 Å². The van der Waals surface area contributed by atoms with Crippen molar-refractivity contribution in [2.75, 3.05) is 25.6 Å². The molecular formula is C17H17F3N8O5. The molecule has 1 amide bonds. The molecule has 1 aliphatic rings. The topological polar surface area (TPSA) is 193 Å². The Morgan fingerprint density at radius 1 is 1.58 bits per heavy atom. The lowest BCUT2D eigenvalue weighted by molar-refractivity contribution is -0.173. The van der Waals surface area contributed by atoms with Crippen LogP contribution in [0.25, 0.3) is 21.5 Å². The Morgan fingerprint density at radius 3 is 3.00 bits per heavy atom. The van der Waals surface area contributed by atoms with E-state index in [-0.39, 0.29) is 42.3 Å². The second-order valence-electron chi connectivity index (χ2n) is 6.75. The summed E-state index contributed by atoms with van der Waals surface area (Å²) in [5.41, 5.74) is 13.5. The number of nitrogens with zero attached hydrogens (tertiary/aromatic N) is 5. The smallest absolute Gasteiger partial charge is 0.396 e. The molecule has 0 saturated carbocycles. The number of hydrogen-bond acceptors (Lipinski definition) is 8. The Balaban J connectivity index is 1.91. The number of halogens is 3. The van der Waals surface area contributed by atoms with Crippen LogP contribution in [0.3, 0.4) is 0 Å². The Bertz CT molecular complexity index is 1210. The van der Waals surface area contributed by atoms with Crippen molar-refractivity contribution in [2.45, 2.75) is 25.1 Å². The average molecular weight is 470 g/mol. The minimum atomic E-state index is -5.05.